The molecule has 0 bridgehead atoms. The molecule has 3 heterocycles. The molecule has 166 valence electrons. The molecule has 2 aromatic carbocycles. The van der Waals surface area contributed by atoms with Gasteiger partial charge in [-0.15, -0.1) is 0 Å². The Balaban J connectivity index is 1.46. The lowest BCUT2D eigenvalue weighted by molar-refractivity contribution is 0.0748. The zero-order valence-electron chi connectivity index (χ0n) is 18.8. The van der Waals surface area contributed by atoms with E-state index in [1.165, 1.54) is 16.8 Å². The van der Waals surface area contributed by atoms with Crippen molar-refractivity contribution in [2.45, 2.75) is 13.8 Å². The molecule has 0 saturated carbocycles. The van der Waals surface area contributed by atoms with E-state index < -0.39 is 0 Å². The Morgan fingerprint density at radius 3 is 2.55 bits per heavy atom. The number of nitrogens with zero attached hydrogens (tertiary/aromatic N) is 4. The van der Waals surface area contributed by atoms with Crippen molar-refractivity contribution in [3.05, 3.63) is 88.7 Å². The minimum absolute atomic E-state index is 0.00965. The average Bonchev–Trinajstić information content (AvgIpc) is 2.85. The lowest BCUT2D eigenvalue weighted by Gasteiger charge is -2.37. The molecule has 0 atom stereocenters. The molecule has 1 aliphatic rings. The second-order valence-corrected chi connectivity index (χ2v) is 8.89. The number of halogens is 1. The number of hydrogen-bond acceptors (Lipinski definition) is 4. The smallest absolute Gasteiger partial charge is 0.254 e. The summed E-state index contributed by atoms with van der Waals surface area (Å²) in [5.74, 6) is 0.00965. The van der Waals surface area contributed by atoms with Crippen LogP contribution in [-0.4, -0.2) is 47.0 Å². The van der Waals surface area contributed by atoms with Crippen LogP contribution in [0.1, 0.15) is 21.5 Å². The van der Waals surface area contributed by atoms with Crippen LogP contribution in [0.25, 0.3) is 22.2 Å². The van der Waals surface area contributed by atoms with Crippen LogP contribution >= 0.6 is 11.6 Å². The summed E-state index contributed by atoms with van der Waals surface area (Å²) in [6.07, 6.45) is 3.49. The Hall–Kier alpha value is -3.44. The summed E-state index contributed by atoms with van der Waals surface area (Å²) in [6.45, 7) is 7.23. The minimum atomic E-state index is 0.00965. The van der Waals surface area contributed by atoms with Crippen LogP contribution < -0.4 is 4.90 Å². The van der Waals surface area contributed by atoms with Crippen LogP contribution in [-0.2, 0) is 0 Å². The highest BCUT2D eigenvalue weighted by Gasteiger charge is 2.25. The van der Waals surface area contributed by atoms with Gasteiger partial charge in [-0.1, -0.05) is 23.7 Å². The molecule has 4 aromatic rings. The summed E-state index contributed by atoms with van der Waals surface area (Å²) in [5.41, 5.74) is 6.82. The van der Waals surface area contributed by atoms with Gasteiger partial charge in [0.15, 0.2) is 0 Å². The summed E-state index contributed by atoms with van der Waals surface area (Å²) >= 11 is 6.28. The topological polar surface area (TPSA) is 49.3 Å². The average molecular weight is 457 g/mol. The quantitative estimate of drug-likeness (QED) is 0.406. The summed E-state index contributed by atoms with van der Waals surface area (Å²) in [7, 11) is 0. The predicted molar refractivity (Wildman–Crippen MR) is 134 cm³/mol. The molecule has 0 N–H and O–H groups in total. The third-order valence-electron chi connectivity index (χ3n) is 6.44. The third kappa shape index (κ3) is 4.16. The highest BCUT2D eigenvalue weighted by molar-refractivity contribution is 6.31. The molecule has 5 rings (SSSR count). The Labute approximate surface area is 198 Å². The van der Waals surface area contributed by atoms with E-state index in [2.05, 4.69) is 41.9 Å². The largest absolute Gasteiger partial charge is 0.368 e. The molecule has 0 unspecified atom stereocenters. The number of aryl methyl sites for hydroxylation is 1. The number of piperazine rings is 1. The number of aromatic nitrogens is 2. The van der Waals surface area contributed by atoms with Crippen molar-refractivity contribution in [3.63, 3.8) is 0 Å². The summed E-state index contributed by atoms with van der Waals surface area (Å²) in [5, 5.41) is 1.37. The predicted octanol–water partition coefficient (Wildman–Crippen LogP) is 5.53. The minimum Gasteiger partial charge on any atom is -0.368 e. The lowest BCUT2D eigenvalue weighted by Crippen LogP contribution is -2.49. The van der Waals surface area contributed by atoms with Crippen LogP contribution in [0, 0.1) is 13.8 Å². The first-order valence-corrected chi connectivity index (χ1v) is 11.5. The van der Waals surface area contributed by atoms with E-state index in [4.69, 9.17) is 16.6 Å². The molecule has 33 heavy (non-hydrogen) atoms. The van der Waals surface area contributed by atoms with Crippen LogP contribution in [0.4, 0.5) is 5.69 Å². The molecule has 1 aliphatic heterocycles. The normalized spacial score (nSPS) is 14.0. The van der Waals surface area contributed by atoms with Gasteiger partial charge in [-0.3, -0.25) is 9.78 Å². The summed E-state index contributed by atoms with van der Waals surface area (Å²) in [4.78, 5) is 27.0. The van der Waals surface area contributed by atoms with E-state index in [9.17, 15) is 4.79 Å². The van der Waals surface area contributed by atoms with Crippen LogP contribution in [0.15, 0.2) is 67.0 Å². The Bertz CT molecular complexity index is 1330. The van der Waals surface area contributed by atoms with Crippen molar-refractivity contribution >= 4 is 34.1 Å². The Morgan fingerprint density at radius 2 is 1.79 bits per heavy atom. The van der Waals surface area contributed by atoms with E-state index in [1.54, 1.807) is 18.5 Å². The number of benzene rings is 2. The Morgan fingerprint density at radius 1 is 0.970 bits per heavy atom. The fraction of sp³-hybridized carbons (Fsp3) is 0.222. The summed E-state index contributed by atoms with van der Waals surface area (Å²) in [6, 6.07) is 17.6. The maximum atomic E-state index is 13.7. The second kappa shape index (κ2) is 8.83. The highest BCUT2D eigenvalue weighted by Crippen LogP contribution is 2.29. The second-order valence-electron chi connectivity index (χ2n) is 8.46. The maximum Gasteiger partial charge on any atom is 0.254 e. The van der Waals surface area contributed by atoms with E-state index in [-0.39, 0.29) is 5.91 Å². The first-order valence-electron chi connectivity index (χ1n) is 11.1. The SMILES string of the molecule is Cc1cccc(N2CCN(C(=O)c3cc(-c4cccnc4)nc4ccc(Cl)cc34)CC2)c1C. The lowest BCUT2D eigenvalue weighted by atomic mass is 10.0. The number of pyridine rings is 2. The van der Waals surface area contributed by atoms with Gasteiger partial charge in [-0.25, -0.2) is 4.98 Å². The van der Waals surface area contributed by atoms with Crippen molar-refractivity contribution < 1.29 is 4.79 Å². The number of carbonyl (C=O) groups is 1. The molecule has 1 saturated heterocycles. The van der Waals surface area contributed by atoms with Gasteiger partial charge in [0.05, 0.1) is 16.8 Å². The molecular formula is C27H25ClN4O. The summed E-state index contributed by atoms with van der Waals surface area (Å²) < 4.78 is 0. The molecule has 2 aromatic heterocycles. The maximum absolute atomic E-state index is 13.7. The van der Waals surface area contributed by atoms with Crippen molar-refractivity contribution in [1.29, 1.82) is 0 Å². The standard InChI is InChI=1S/C27H25ClN4O/c1-18-5-3-7-26(19(18)2)31-11-13-32(14-12-31)27(33)23-16-25(20-6-4-10-29-17-20)30-24-9-8-21(28)15-22(23)24/h3-10,15-17H,11-14H2,1-2H3. The van der Waals surface area contributed by atoms with Crippen LogP contribution in [0.3, 0.4) is 0 Å². The van der Waals surface area contributed by atoms with Crippen molar-refractivity contribution in [2.75, 3.05) is 31.1 Å². The van der Waals surface area contributed by atoms with Crippen LogP contribution in [0.5, 0.6) is 0 Å². The molecule has 1 fully saturated rings. The third-order valence-corrected chi connectivity index (χ3v) is 6.68. The van der Waals surface area contributed by atoms with Gasteiger partial charge in [0.25, 0.3) is 5.91 Å². The number of hydrogen-bond donors (Lipinski definition) is 0. The number of fused-ring (bicyclic) bond motifs is 1. The van der Waals surface area contributed by atoms with Gasteiger partial charge in [0.2, 0.25) is 0 Å². The number of anilines is 1. The number of amides is 1. The Kier molecular flexibility index (Phi) is 5.73. The zero-order chi connectivity index (χ0) is 22.9. The molecule has 6 heteroatoms. The van der Waals surface area contributed by atoms with E-state index >= 15 is 0 Å². The molecule has 5 nitrogen and oxygen atoms in total. The molecular weight excluding hydrogens is 432 g/mol. The molecule has 1 amide bonds. The fourth-order valence-corrected chi connectivity index (χ4v) is 4.61. The van der Waals surface area contributed by atoms with Gasteiger partial charge in [-0.2, -0.15) is 0 Å². The monoisotopic (exact) mass is 456 g/mol. The van der Waals surface area contributed by atoms with Crippen molar-refractivity contribution in [1.82, 2.24) is 14.9 Å². The van der Waals surface area contributed by atoms with Gasteiger partial charge in [0, 0.05) is 60.2 Å². The van der Waals surface area contributed by atoms with E-state index in [0.717, 1.165) is 35.2 Å². The van der Waals surface area contributed by atoms with Gasteiger partial charge in [-0.05, 0) is 67.4 Å². The first kappa shape index (κ1) is 21.4. The van der Waals surface area contributed by atoms with Crippen molar-refractivity contribution in [2.24, 2.45) is 0 Å². The fourth-order valence-electron chi connectivity index (χ4n) is 4.44. The first-order chi connectivity index (χ1) is 16.0. The van der Waals surface area contributed by atoms with Gasteiger partial charge >= 0.3 is 0 Å². The molecule has 0 radical (unpaired) electrons. The van der Waals surface area contributed by atoms with Gasteiger partial charge in [0.1, 0.15) is 0 Å². The molecule has 0 aliphatic carbocycles. The highest BCUT2D eigenvalue weighted by atomic mass is 35.5. The van der Waals surface area contributed by atoms with E-state index in [0.29, 0.717) is 23.7 Å². The van der Waals surface area contributed by atoms with E-state index in [1.807, 2.05) is 35.2 Å². The number of rotatable bonds is 3. The molecule has 0 spiro atoms. The van der Waals surface area contributed by atoms with Crippen LogP contribution in [0.2, 0.25) is 5.02 Å². The van der Waals surface area contributed by atoms with Gasteiger partial charge < -0.3 is 9.80 Å². The number of carbonyl (C=O) groups excluding carboxylic acids is 1. The van der Waals surface area contributed by atoms with Crippen molar-refractivity contribution in [3.8, 4) is 11.3 Å². The zero-order valence-corrected chi connectivity index (χ0v) is 19.5.